The van der Waals surface area contributed by atoms with Crippen molar-refractivity contribution in [3.05, 3.63) is 35.4 Å². The van der Waals surface area contributed by atoms with E-state index in [0.717, 1.165) is 12.0 Å². The first kappa shape index (κ1) is 19.0. The smallest absolute Gasteiger partial charge is 0.317 e. The van der Waals surface area contributed by atoms with E-state index < -0.39 is 11.9 Å². The molecule has 5 heteroatoms. The third-order valence-corrected chi connectivity index (χ3v) is 4.14. The third kappa shape index (κ3) is 5.58. The average Bonchev–Trinajstić information content (AvgIpc) is 2.52. The second-order valence-electron chi connectivity index (χ2n) is 6.71. The molecule has 1 aromatic rings. The molecule has 1 aromatic carbocycles. The number of carbonyl (C=O) groups excluding carboxylic acids is 1. The first-order valence-electron chi connectivity index (χ1n) is 7.98. The highest BCUT2D eigenvalue weighted by molar-refractivity contribution is 5.75. The summed E-state index contributed by atoms with van der Waals surface area (Å²) in [5.74, 6) is -1.48. The Morgan fingerprint density at radius 3 is 2.30 bits per heavy atom. The minimum Gasteiger partial charge on any atom is -0.481 e. The van der Waals surface area contributed by atoms with Crippen molar-refractivity contribution in [2.45, 2.75) is 39.5 Å². The van der Waals surface area contributed by atoms with Crippen molar-refractivity contribution in [3.63, 3.8) is 0 Å². The molecule has 0 bridgehead atoms. The van der Waals surface area contributed by atoms with Crippen LogP contribution in [0.3, 0.4) is 0 Å². The molecule has 0 aliphatic rings. The number of carboxylic acids is 1. The van der Waals surface area contributed by atoms with Crippen LogP contribution in [0, 0.1) is 5.92 Å². The van der Waals surface area contributed by atoms with Crippen molar-refractivity contribution in [2.24, 2.45) is 5.92 Å². The number of hydrogen-bond donors (Lipinski definition) is 2. The number of urea groups is 1. The van der Waals surface area contributed by atoms with Gasteiger partial charge in [-0.1, -0.05) is 52.0 Å². The molecule has 0 fully saturated rings. The minimum absolute atomic E-state index is 0.187. The summed E-state index contributed by atoms with van der Waals surface area (Å²) in [6.45, 7) is 8.54. The van der Waals surface area contributed by atoms with Gasteiger partial charge >= 0.3 is 12.0 Å². The maximum atomic E-state index is 12.1. The Balaban J connectivity index is 2.60. The van der Waals surface area contributed by atoms with Crippen molar-refractivity contribution >= 4 is 12.0 Å². The highest BCUT2D eigenvalue weighted by Crippen LogP contribution is 2.22. The monoisotopic (exact) mass is 320 g/mol. The fourth-order valence-electron chi connectivity index (χ4n) is 2.30. The van der Waals surface area contributed by atoms with E-state index in [9.17, 15) is 9.59 Å². The molecule has 2 amide bonds. The third-order valence-electron chi connectivity index (χ3n) is 4.14. The van der Waals surface area contributed by atoms with Crippen molar-refractivity contribution in [1.29, 1.82) is 0 Å². The molecule has 0 saturated heterocycles. The predicted octanol–water partition coefficient (Wildman–Crippen LogP) is 2.89. The normalized spacial score (nSPS) is 12.6. The Morgan fingerprint density at radius 2 is 1.83 bits per heavy atom. The lowest BCUT2D eigenvalue weighted by atomic mass is 9.84. The van der Waals surface area contributed by atoms with Gasteiger partial charge in [-0.3, -0.25) is 4.79 Å². The summed E-state index contributed by atoms with van der Waals surface area (Å²) in [6, 6.07) is 8.16. The summed E-state index contributed by atoms with van der Waals surface area (Å²) in [6.07, 6.45) is 1.00. The highest BCUT2D eigenvalue weighted by Gasteiger charge is 2.23. The maximum absolute atomic E-state index is 12.1. The van der Waals surface area contributed by atoms with Crippen LogP contribution in [-0.2, 0) is 16.6 Å². The molecule has 23 heavy (non-hydrogen) atoms. The summed E-state index contributed by atoms with van der Waals surface area (Å²) in [5.41, 5.74) is 2.26. The molecular weight excluding hydrogens is 292 g/mol. The fourth-order valence-corrected chi connectivity index (χ4v) is 2.30. The number of hydrogen-bond acceptors (Lipinski definition) is 2. The van der Waals surface area contributed by atoms with Gasteiger partial charge in [0.2, 0.25) is 0 Å². The van der Waals surface area contributed by atoms with Crippen LogP contribution < -0.4 is 5.32 Å². The Kier molecular flexibility index (Phi) is 6.61. The second kappa shape index (κ2) is 7.99. The number of benzene rings is 1. The van der Waals surface area contributed by atoms with Gasteiger partial charge in [-0.05, 0) is 17.5 Å². The predicted molar refractivity (Wildman–Crippen MR) is 91.7 cm³/mol. The lowest BCUT2D eigenvalue weighted by Gasteiger charge is -2.28. The van der Waals surface area contributed by atoms with E-state index in [1.54, 1.807) is 14.0 Å². The van der Waals surface area contributed by atoms with Crippen LogP contribution in [0.15, 0.2) is 24.3 Å². The molecule has 0 radical (unpaired) electrons. The Bertz CT molecular complexity index is 538. The van der Waals surface area contributed by atoms with Gasteiger partial charge in [0.25, 0.3) is 0 Å². The number of nitrogens with zero attached hydrogens (tertiary/aromatic N) is 1. The molecule has 0 saturated carbocycles. The van der Waals surface area contributed by atoms with Crippen LogP contribution in [0.2, 0.25) is 0 Å². The number of amides is 2. The van der Waals surface area contributed by atoms with Crippen molar-refractivity contribution in [2.75, 3.05) is 20.1 Å². The van der Waals surface area contributed by atoms with E-state index in [0.29, 0.717) is 6.54 Å². The largest absolute Gasteiger partial charge is 0.481 e. The van der Waals surface area contributed by atoms with Gasteiger partial charge < -0.3 is 15.3 Å². The molecule has 0 spiro atoms. The molecule has 128 valence electrons. The van der Waals surface area contributed by atoms with Crippen molar-refractivity contribution < 1.29 is 14.7 Å². The number of carboxylic acid groups (broad SMARTS) is 1. The van der Waals surface area contributed by atoms with Crippen LogP contribution in [0.4, 0.5) is 4.79 Å². The van der Waals surface area contributed by atoms with Crippen LogP contribution in [0.1, 0.15) is 38.8 Å². The number of aryl methyl sites for hydroxylation is 1. The van der Waals surface area contributed by atoms with Crippen molar-refractivity contribution in [3.8, 4) is 0 Å². The molecule has 0 aliphatic heterocycles. The lowest BCUT2D eigenvalue weighted by molar-refractivity contribution is -0.141. The van der Waals surface area contributed by atoms with Crippen molar-refractivity contribution in [1.82, 2.24) is 10.2 Å². The summed E-state index contributed by atoms with van der Waals surface area (Å²) >= 11 is 0. The molecule has 5 nitrogen and oxygen atoms in total. The van der Waals surface area contributed by atoms with E-state index in [4.69, 9.17) is 5.11 Å². The van der Waals surface area contributed by atoms with Gasteiger partial charge in [-0.15, -0.1) is 0 Å². The van der Waals surface area contributed by atoms with Gasteiger partial charge in [0.15, 0.2) is 0 Å². The first-order chi connectivity index (χ1) is 10.7. The van der Waals surface area contributed by atoms with Crippen LogP contribution in [0.25, 0.3) is 0 Å². The van der Waals surface area contributed by atoms with Gasteiger partial charge in [0.05, 0.1) is 5.92 Å². The van der Waals surface area contributed by atoms with Gasteiger partial charge in [-0.25, -0.2) is 4.79 Å². The summed E-state index contributed by atoms with van der Waals surface area (Å²) in [5, 5.41) is 11.8. The fraction of sp³-hybridized carbons (Fsp3) is 0.556. The topological polar surface area (TPSA) is 69.6 Å². The molecule has 0 heterocycles. The quantitative estimate of drug-likeness (QED) is 0.811. The van der Waals surface area contributed by atoms with E-state index >= 15 is 0 Å². The van der Waals surface area contributed by atoms with E-state index in [1.807, 2.05) is 0 Å². The molecule has 1 rings (SSSR count). The molecule has 2 N–H and O–H groups in total. The van der Waals surface area contributed by atoms with E-state index in [-0.39, 0.29) is 18.0 Å². The Hall–Kier alpha value is -2.04. The van der Waals surface area contributed by atoms with E-state index in [1.165, 1.54) is 10.5 Å². The number of aliphatic carboxylic acids is 1. The molecule has 0 aromatic heterocycles. The minimum atomic E-state index is -0.902. The Morgan fingerprint density at radius 1 is 1.26 bits per heavy atom. The van der Waals surface area contributed by atoms with E-state index in [2.05, 4.69) is 50.4 Å². The standard InChI is InChI=1S/C18H28N2O3/c1-6-14-7-9-15(10-8-14)18(3,4)12-19-17(23)20(5)11-13(2)16(21)22/h7-10,13H,6,11-12H2,1-5H3,(H,19,23)(H,21,22). The summed E-state index contributed by atoms with van der Waals surface area (Å²) < 4.78 is 0. The SMILES string of the molecule is CCc1ccc(C(C)(C)CNC(=O)N(C)CC(C)C(=O)O)cc1. The zero-order valence-electron chi connectivity index (χ0n) is 14.7. The van der Waals surface area contributed by atoms with Crippen LogP contribution in [-0.4, -0.2) is 42.1 Å². The first-order valence-corrected chi connectivity index (χ1v) is 7.98. The molecule has 0 aliphatic carbocycles. The van der Waals surface area contributed by atoms with Gasteiger partial charge in [0.1, 0.15) is 0 Å². The number of nitrogens with one attached hydrogen (secondary N) is 1. The van der Waals surface area contributed by atoms with Crippen LogP contribution in [0.5, 0.6) is 0 Å². The lowest BCUT2D eigenvalue weighted by Crippen LogP contribution is -2.45. The Labute approximate surface area is 138 Å². The summed E-state index contributed by atoms with van der Waals surface area (Å²) in [7, 11) is 1.61. The van der Waals surface area contributed by atoms with Gasteiger partial charge in [-0.2, -0.15) is 0 Å². The molecule has 1 unspecified atom stereocenters. The highest BCUT2D eigenvalue weighted by atomic mass is 16.4. The number of carbonyl (C=O) groups is 2. The average molecular weight is 320 g/mol. The maximum Gasteiger partial charge on any atom is 0.317 e. The number of rotatable bonds is 7. The zero-order chi connectivity index (χ0) is 17.6. The summed E-state index contributed by atoms with van der Waals surface area (Å²) in [4.78, 5) is 24.4. The van der Waals surface area contributed by atoms with Crippen LogP contribution >= 0.6 is 0 Å². The second-order valence-corrected chi connectivity index (χ2v) is 6.71. The molecule has 1 atom stereocenters. The van der Waals surface area contributed by atoms with Gasteiger partial charge in [0, 0.05) is 25.6 Å². The zero-order valence-corrected chi connectivity index (χ0v) is 14.7. The molecular formula is C18H28N2O3.